The van der Waals surface area contributed by atoms with E-state index in [1.54, 1.807) is 12.1 Å². The fourth-order valence-corrected chi connectivity index (χ4v) is 1.37. The van der Waals surface area contributed by atoms with Crippen molar-refractivity contribution in [2.45, 2.75) is 25.9 Å². The smallest absolute Gasteiger partial charge is 0.251 e. The van der Waals surface area contributed by atoms with Gasteiger partial charge in [0.25, 0.3) is 5.91 Å². The van der Waals surface area contributed by atoms with E-state index in [0.717, 1.165) is 5.56 Å². The number of benzene rings is 1. The van der Waals surface area contributed by atoms with Gasteiger partial charge in [0.15, 0.2) is 0 Å². The molecule has 0 saturated carbocycles. The molecule has 4 N–H and O–H groups in total. The summed E-state index contributed by atoms with van der Waals surface area (Å²) in [5.74, 6) is -0.121. The van der Waals surface area contributed by atoms with Crippen LogP contribution in [0.25, 0.3) is 0 Å². The molecule has 1 unspecified atom stereocenters. The summed E-state index contributed by atoms with van der Waals surface area (Å²) in [5.41, 5.74) is 7.08. The Morgan fingerprint density at radius 2 is 2.00 bits per heavy atom. The summed E-state index contributed by atoms with van der Waals surface area (Å²) in [6, 6.07) is 7.16. The topological polar surface area (TPSA) is 75.3 Å². The molecular formula is C12H19ClN2O2. The van der Waals surface area contributed by atoms with Gasteiger partial charge in [-0.2, -0.15) is 0 Å². The van der Waals surface area contributed by atoms with Gasteiger partial charge in [0, 0.05) is 24.8 Å². The highest BCUT2D eigenvalue weighted by Gasteiger charge is 2.08. The largest absolute Gasteiger partial charge is 0.396 e. The molecule has 0 bridgehead atoms. The van der Waals surface area contributed by atoms with Crippen LogP contribution in [0.15, 0.2) is 24.3 Å². The van der Waals surface area contributed by atoms with E-state index in [1.807, 2.05) is 19.1 Å². The highest BCUT2D eigenvalue weighted by Crippen LogP contribution is 2.04. The van der Waals surface area contributed by atoms with Crippen molar-refractivity contribution in [2.75, 3.05) is 6.61 Å². The van der Waals surface area contributed by atoms with Crippen molar-refractivity contribution in [3.05, 3.63) is 35.4 Å². The van der Waals surface area contributed by atoms with Gasteiger partial charge in [-0.25, -0.2) is 0 Å². The summed E-state index contributed by atoms with van der Waals surface area (Å²) in [6.45, 7) is 2.42. The molecule has 1 atom stereocenters. The molecular weight excluding hydrogens is 240 g/mol. The summed E-state index contributed by atoms with van der Waals surface area (Å²) in [6.07, 6.45) is 0.562. The van der Waals surface area contributed by atoms with Gasteiger partial charge in [0.05, 0.1) is 0 Å². The van der Waals surface area contributed by atoms with E-state index in [1.165, 1.54) is 0 Å². The van der Waals surface area contributed by atoms with Crippen LogP contribution in [0.2, 0.25) is 0 Å². The SMILES string of the molecule is CC(CCO)NC(=O)c1ccc(CN)cc1.Cl. The second kappa shape index (κ2) is 8.06. The van der Waals surface area contributed by atoms with Crippen molar-refractivity contribution >= 4 is 18.3 Å². The number of amides is 1. The number of carbonyl (C=O) groups excluding carboxylic acids is 1. The molecule has 1 aromatic carbocycles. The van der Waals surface area contributed by atoms with Gasteiger partial charge in [-0.15, -0.1) is 12.4 Å². The molecule has 4 nitrogen and oxygen atoms in total. The quantitative estimate of drug-likeness (QED) is 0.740. The van der Waals surface area contributed by atoms with Crippen LogP contribution in [0, 0.1) is 0 Å². The predicted molar refractivity (Wildman–Crippen MR) is 70.2 cm³/mol. The van der Waals surface area contributed by atoms with Crippen molar-refractivity contribution < 1.29 is 9.90 Å². The summed E-state index contributed by atoms with van der Waals surface area (Å²) in [5, 5.41) is 11.5. The number of hydrogen-bond donors (Lipinski definition) is 3. The number of halogens is 1. The zero-order valence-electron chi connectivity index (χ0n) is 9.85. The molecule has 1 aromatic rings. The highest BCUT2D eigenvalue weighted by molar-refractivity contribution is 5.94. The third kappa shape index (κ3) is 5.17. The van der Waals surface area contributed by atoms with Crippen LogP contribution >= 0.6 is 12.4 Å². The molecule has 0 spiro atoms. The van der Waals surface area contributed by atoms with E-state index in [2.05, 4.69) is 5.32 Å². The van der Waals surface area contributed by atoms with E-state index in [-0.39, 0.29) is 31.0 Å². The van der Waals surface area contributed by atoms with E-state index in [9.17, 15) is 4.79 Å². The molecule has 5 heteroatoms. The molecule has 1 rings (SSSR count). The second-order valence-electron chi connectivity index (χ2n) is 3.79. The maximum Gasteiger partial charge on any atom is 0.251 e. The Morgan fingerprint density at radius 3 is 2.47 bits per heavy atom. The van der Waals surface area contributed by atoms with Crippen LogP contribution in [-0.4, -0.2) is 23.7 Å². The zero-order chi connectivity index (χ0) is 12.0. The summed E-state index contributed by atoms with van der Waals surface area (Å²) in [7, 11) is 0. The number of hydrogen-bond acceptors (Lipinski definition) is 3. The maximum atomic E-state index is 11.7. The fourth-order valence-electron chi connectivity index (χ4n) is 1.37. The lowest BCUT2D eigenvalue weighted by Gasteiger charge is -2.12. The molecule has 0 aliphatic rings. The lowest BCUT2D eigenvalue weighted by molar-refractivity contribution is 0.0934. The molecule has 0 radical (unpaired) electrons. The van der Waals surface area contributed by atoms with E-state index in [0.29, 0.717) is 18.5 Å². The number of nitrogens with two attached hydrogens (primary N) is 1. The third-order valence-electron chi connectivity index (χ3n) is 2.39. The lowest BCUT2D eigenvalue weighted by Crippen LogP contribution is -2.33. The average molecular weight is 259 g/mol. The highest BCUT2D eigenvalue weighted by atomic mass is 35.5. The van der Waals surface area contributed by atoms with Crippen molar-refractivity contribution in [1.29, 1.82) is 0 Å². The first-order valence-electron chi connectivity index (χ1n) is 5.38. The normalized spacial score (nSPS) is 11.5. The van der Waals surface area contributed by atoms with Crippen LogP contribution in [0.5, 0.6) is 0 Å². The third-order valence-corrected chi connectivity index (χ3v) is 2.39. The average Bonchev–Trinajstić information content (AvgIpc) is 2.29. The van der Waals surface area contributed by atoms with Crippen molar-refractivity contribution in [1.82, 2.24) is 5.32 Å². The Balaban J connectivity index is 0.00000256. The lowest BCUT2D eigenvalue weighted by atomic mass is 10.1. The van der Waals surface area contributed by atoms with Crippen LogP contribution in [0.3, 0.4) is 0 Å². The number of aliphatic hydroxyl groups is 1. The molecule has 96 valence electrons. The second-order valence-corrected chi connectivity index (χ2v) is 3.79. The van der Waals surface area contributed by atoms with Gasteiger partial charge in [-0.3, -0.25) is 4.79 Å². The first-order chi connectivity index (χ1) is 7.67. The number of aliphatic hydroxyl groups excluding tert-OH is 1. The predicted octanol–water partition coefficient (Wildman–Crippen LogP) is 1.07. The molecule has 0 heterocycles. The Morgan fingerprint density at radius 1 is 1.41 bits per heavy atom. The molecule has 0 aliphatic heterocycles. The fraction of sp³-hybridized carbons (Fsp3) is 0.417. The van der Waals surface area contributed by atoms with Gasteiger partial charge in [0.2, 0.25) is 0 Å². The summed E-state index contributed by atoms with van der Waals surface area (Å²) in [4.78, 5) is 11.7. The van der Waals surface area contributed by atoms with Gasteiger partial charge in [-0.05, 0) is 31.0 Å². The number of carbonyl (C=O) groups is 1. The summed E-state index contributed by atoms with van der Waals surface area (Å²) < 4.78 is 0. The van der Waals surface area contributed by atoms with Gasteiger partial charge in [-0.1, -0.05) is 12.1 Å². The minimum absolute atomic E-state index is 0. The minimum atomic E-state index is -0.121. The molecule has 0 fully saturated rings. The Bertz CT molecular complexity index is 341. The van der Waals surface area contributed by atoms with Crippen LogP contribution in [0.1, 0.15) is 29.3 Å². The molecule has 1 amide bonds. The summed E-state index contributed by atoms with van der Waals surface area (Å²) >= 11 is 0. The Kier molecular flexibility index (Phi) is 7.54. The number of nitrogens with one attached hydrogen (secondary N) is 1. The van der Waals surface area contributed by atoms with E-state index in [4.69, 9.17) is 10.8 Å². The molecule has 0 saturated heterocycles. The van der Waals surface area contributed by atoms with Gasteiger partial charge < -0.3 is 16.2 Å². The standard InChI is InChI=1S/C12H18N2O2.ClH/c1-9(6-7-15)14-12(16)11-4-2-10(8-13)3-5-11;/h2-5,9,15H,6-8,13H2,1H3,(H,14,16);1H. The number of rotatable bonds is 5. The van der Waals surface area contributed by atoms with Gasteiger partial charge >= 0.3 is 0 Å². The minimum Gasteiger partial charge on any atom is -0.396 e. The Hall–Kier alpha value is -1.10. The monoisotopic (exact) mass is 258 g/mol. The molecule has 0 aliphatic carbocycles. The molecule has 17 heavy (non-hydrogen) atoms. The zero-order valence-corrected chi connectivity index (χ0v) is 10.7. The first-order valence-corrected chi connectivity index (χ1v) is 5.38. The van der Waals surface area contributed by atoms with Crippen molar-refractivity contribution in [3.63, 3.8) is 0 Å². The van der Waals surface area contributed by atoms with Crippen LogP contribution in [0.4, 0.5) is 0 Å². The maximum absolute atomic E-state index is 11.7. The van der Waals surface area contributed by atoms with Crippen molar-refractivity contribution in [2.24, 2.45) is 5.73 Å². The van der Waals surface area contributed by atoms with Crippen molar-refractivity contribution in [3.8, 4) is 0 Å². The van der Waals surface area contributed by atoms with E-state index < -0.39 is 0 Å². The Labute approximate surface area is 108 Å². The van der Waals surface area contributed by atoms with E-state index >= 15 is 0 Å². The van der Waals surface area contributed by atoms with Crippen LogP contribution in [-0.2, 0) is 6.54 Å². The molecule has 0 aromatic heterocycles. The first kappa shape index (κ1) is 15.9. The van der Waals surface area contributed by atoms with Gasteiger partial charge in [0.1, 0.15) is 0 Å². The van der Waals surface area contributed by atoms with Crippen LogP contribution < -0.4 is 11.1 Å².